The Kier molecular flexibility index (Phi) is 5.49. The van der Waals surface area contributed by atoms with Crippen molar-refractivity contribution >= 4 is 11.9 Å². The number of carbonyl (C=O) groups excluding carboxylic acids is 2. The molecular formula is C21H23NO3. The molecule has 0 unspecified atom stereocenters. The molecule has 1 aliphatic rings. The number of nitrogens with one attached hydrogen (secondary N) is 1. The first-order valence-electron chi connectivity index (χ1n) is 8.79. The average Bonchev–Trinajstić information content (AvgIpc) is 3.46. The molecule has 2 aromatic carbocycles. The SMILES string of the molecule is CC[C@@H](C(=O)O[C@@H](C(=O)NC1CC1)c1ccccc1)c1ccccc1. The molecule has 2 atom stereocenters. The number of amides is 1. The summed E-state index contributed by atoms with van der Waals surface area (Å²) in [5.41, 5.74) is 1.60. The molecule has 0 bridgehead atoms. The Morgan fingerprint density at radius 1 is 1.00 bits per heavy atom. The van der Waals surface area contributed by atoms with Crippen molar-refractivity contribution in [1.29, 1.82) is 0 Å². The zero-order valence-corrected chi connectivity index (χ0v) is 14.4. The standard InChI is InChI=1S/C21H23NO3/c1-2-18(15-9-5-3-6-10-15)21(24)25-19(16-11-7-4-8-12-16)20(23)22-17-13-14-17/h3-12,17-19H,2,13-14H2,1H3,(H,22,23)/t18-,19-/m1/s1. The molecule has 0 saturated heterocycles. The molecule has 1 saturated carbocycles. The topological polar surface area (TPSA) is 55.4 Å². The predicted molar refractivity (Wildman–Crippen MR) is 95.9 cm³/mol. The third-order valence-corrected chi connectivity index (χ3v) is 4.39. The van der Waals surface area contributed by atoms with Crippen molar-refractivity contribution < 1.29 is 14.3 Å². The first-order valence-corrected chi connectivity index (χ1v) is 8.79. The highest BCUT2D eigenvalue weighted by atomic mass is 16.5. The lowest BCUT2D eigenvalue weighted by atomic mass is 9.96. The predicted octanol–water partition coefficient (Wildman–Crippen LogP) is 3.74. The minimum Gasteiger partial charge on any atom is -0.447 e. The molecule has 4 heteroatoms. The van der Waals surface area contributed by atoms with Gasteiger partial charge in [0.15, 0.2) is 0 Å². The third-order valence-electron chi connectivity index (χ3n) is 4.39. The number of rotatable bonds is 7. The molecule has 0 heterocycles. The van der Waals surface area contributed by atoms with Gasteiger partial charge >= 0.3 is 5.97 Å². The second-order valence-electron chi connectivity index (χ2n) is 6.38. The van der Waals surface area contributed by atoms with E-state index in [-0.39, 0.29) is 23.8 Å². The fourth-order valence-electron chi connectivity index (χ4n) is 2.83. The van der Waals surface area contributed by atoms with Gasteiger partial charge in [0, 0.05) is 11.6 Å². The van der Waals surface area contributed by atoms with Crippen molar-refractivity contribution in [2.75, 3.05) is 0 Å². The number of ether oxygens (including phenoxy) is 1. The van der Waals surface area contributed by atoms with Crippen molar-refractivity contribution in [1.82, 2.24) is 5.32 Å². The molecule has 0 spiro atoms. The van der Waals surface area contributed by atoms with Gasteiger partial charge in [0.1, 0.15) is 0 Å². The Hall–Kier alpha value is -2.62. The van der Waals surface area contributed by atoms with Crippen molar-refractivity contribution in [3.05, 3.63) is 71.8 Å². The molecule has 1 aliphatic carbocycles. The molecule has 3 rings (SSSR count). The van der Waals surface area contributed by atoms with Crippen LogP contribution in [0.25, 0.3) is 0 Å². The fourth-order valence-corrected chi connectivity index (χ4v) is 2.83. The molecule has 4 nitrogen and oxygen atoms in total. The normalized spacial score (nSPS) is 15.9. The lowest BCUT2D eigenvalue weighted by Crippen LogP contribution is -2.34. The van der Waals surface area contributed by atoms with Gasteiger partial charge in [-0.25, -0.2) is 0 Å². The summed E-state index contributed by atoms with van der Waals surface area (Å²) in [5.74, 6) is -0.986. The van der Waals surface area contributed by atoms with Gasteiger partial charge in [-0.1, -0.05) is 67.6 Å². The summed E-state index contributed by atoms with van der Waals surface area (Å²) in [4.78, 5) is 25.4. The van der Waals surface area contributed by atoms with Crippen LogP contribution in [-0.4, -0.2) is 17.9 Å². The zero-order valence-electron chi connectivity index (χ0n) is 14.4. The fraction of sp³-hybridized carbons (Fsp3) is 0.333. The monoisotopic (exact) mass is 337 g/mol. The quantitative estimate of drug-likeness (QED) is 0.783. The molecule has 1 fully saturated rings. The van der Waals surface area contributed by atoms with Crippen molar-refractivity contribution in [2.45, 2.75) is 44.2 Å². The van der Waals surface area contributed by atoms with Gasteiger partial charge in [0.05, 0.1) is 5.92 Å². The van der Waals surface area contributed by atoms with Gasteiger partial charge in [-0.15, -0.1) is 0 Å². The van der Waals surface area contributed by atoms with Crippen LogP contribution in [0.4, 0.5) is 0 Å². The number of esters is 1. The Morgan fingerprint density at radius 2 is 1.56 bits per heavy atom. The summed E-state index contributed by atoms with van der Waals surface area (Å²) in [6, 6.07) is 18.9. The van der Waals surface area contributed by atoms with Crippen molar-refractivity contribution in [3.63, 3.8) is 0 Å². The maximum absolute atomic E-state index is 12.8. The van der Waals surface area contributed by atoms with Crippen LogP contribution < -0.4 is 5.32 Å². The molecule has 25 heavy (non-hydrogen) atoms. The van der Waals surface area contributed by atoms with Gasteiger partial charge in [-0.05, 0) is 24.8 Å². The number of hydrogen-bond donors (Lipinski definition) is 1. The van der Waals surface area contributed by atoms with Crippen molar-refractivity contribution in [3.8, 4) is 0 Å². The third kappa shape index (κ3) is 4.47. The van der Waals surface area contributed by atoms with Crippen molar-refractivity contribution in [2.24, 2.45) is 0 Å². The maximum Gasteiger partial charge on any atom is 0.314 e. The van der Waals surface area contributed by atoms with Crippen LogP contribution in [0.5, 0.6) is 0 Å². The summed E-state index contributed by atoms with van der Waals surface area (Å²) in [5, 5.41) is 2.94. The smallest absolute Gasteiger partial charge is 0.314 e. The van der Waals surface area contributed by atoms with E-state index in [1.165, 1.54) is 0 Å². The van der Waals surface area contributed by atoms with Gasteiger partial charge in [0.25, 0.3) is 5.91 Å². The molecule has 1 amide bonds. The van der Waals surface area contributed by atoms with E-state index < -0.39 is 6.10 Å². The largest absolute Gasteiger partial charge is 0.447 e. The van der Waals surface area contributed by atoms with Crippen LogP contribution in [-0.2, 0) is 14.3 Å². The number of carbonyl (C=O) groups is 2. The summed E-state index contributed by atoms with van der Waals surface area (Å²) in [7, 11) is 0. The maximum atomic E-state index is 12.8. The molecule has 1 N–H and O–H groups in total. The number of hydrogen-bond acceptors (Lipinski definition) is 3. The van der Waals surface area contributed by atoms with Gasteiger partial charge in [0.2, 0.25) is 6.10 Å². The minimum absolute atomic E-state index is 0.216. The first-order chi connectivity index (χ1) is 12.2. The van der Waals surface area contributed by atoms with Crippen LogP contribution in [0.2, 0.25) is 0 Å². The van der Waals surface area contributed by atoms with E-state index >= 15 is 0 Å². The van der Waals surface area contributed by atoms with E-state index in [2.05, 4.69) is 5.32 Å². The summed E-state index contributed by atoms with van der Waals surface area (Å²) >= 11 is 0. The highest BCUT2D eigenvalue weighted by Crippen LogP contribution is 2.27. The lowest BCUT2D eigenvalue weighted by molar-refractivity contribution is -0.158. The Labute approximate surface area is 148 Å². The van der Waals surface area contributed by atoms with Crippen LogP contribution in [0.15, 0.2) is 60.7 Å². The van der Waals surface area contributed by atoms with Gasteiger partial charge < -0.3 is 10.1 Å². The molecular weight excluding hydrogens is 314 g/mol. The van der Waals surface area contributed by atoms with E-state index in [9.17, 15) is 9.59 Å². The molecule has 0 aromatic heterocycles. The van der Waals surface area contributed by atoms with E-state index in [1.54, 1.807) is 0 Å². The zero-order chi connectivity index (χ0) is 17.6. The molecule has 0 radical (unpaired) electrons. The van der Waals surface area contributed by atoms with E-state index in [1.807, 2.05) is 67.6 Å². The highest BCUT2D eigenvalue weighted by Gasteiger charge is 2.32. The highest BCUT2D eigenvalue weighted by molar-refractivity contribution is 5.87. The summed E-state index contributed by atoms with van der Waals surface area (Å²) in [6.45, 7) is 1.95. The van der Waals surface area contributed by atoms with E-state index in [0.717, 1.165) is 18.4 Å². The van der Waals surface area contributed by atoms with Crippen LogP contribution in [0, 0.1) is 0 Å². The van der Waals surface area contributed by atoms with Crippen LogP contribution >= 0.6 is 0 Å². The molecule has 2 aromatic rings. The molecule has 0 aliphatic heterocycles. The van der Waals surface area contributed by atoms with Gasteiger partial charge in [-0.2, -0.15) is 0 Å². The van der Waals surface area contributed by atoms with E-state index in [4.69, 9.17) is 4.74 Å². The number of benzene rings is 2. The Morgan fingerprint density at radius 3 is 2.08 bits per heavy atom. The second-order valence-corrected chi connectivity index (χ2v) is 6.38. The first kappa shape index (κ1) is 17.2. The summed E-state index contributed by atoms with van der Waals surface area (Å²) in [6.07, 6.45) is 1.69. The minimum atomic E-state index is -0.910. The lowest BCUT2D eigenvalue weighted by Gasteiger charge is -2.21. The Bertz CT molecular complexity index is 710. The molecule has 130 valence electrons. The summed E-state index contributed by atoms with van der Waals surface area (Å²) < 4.78 is 5.68. The Balaban J connectivity index is 1.78. The average molecular weight is 337 g/mol. The second kappa shape index (κ2) is 7.97. The van der Waals surface area contributed by atoms with E-state index in [0.29, 0.717) is 12.0 Å². The van der Waals surface area contributed by atoms with Gasteiger partial charge in [-0.3, -0.25) is 9.59 Å². The van der Waals surface area contributed by atoms with Crippen LogP contribution in [0.3, 0.4) is 0 Å². The van der Waals surface area contributed by atoms with Crippen LogP contribution in [0.1, 0.15) is 49.3 Å².